The van der Waals surface area contributed by atoms with Gasteiger partial charge in [-0.2, -0.15) is 5.10 Å². The molecular weight excluding hydrogens is 448 g/mol. The number of anilines is 1. The van der Waals surface area contributed by atoms with Crippen molar-refractivity contribution >= 4 is 35.2 Å². The number of nitrogens with zero attached hydrogens (tertiary/aromatic N) is 3. The van der Waals surface area contributed by atoms with Crippen molar-refractivity contribution in [1.29, 1.82) is 0 Å². The topological polar surface area (TPSA) is 165 Å². The molecule has 3 N–H and O–H groups in total. The molecule has 0 radical (unpaired) electrons. The number of benzene rings is 1. The predicted octanol–water partition coefficient (Wildman–Crippen LogP) is 2.38. The van der Waals surface area contributed by atoms with Crippen molar-refractivity contribution in [2.75, 3.05) is 25.8 Å². The van der Waals surface area contributed by atoms with Crippen molar-refractivity contribution in [3.8, 4) is 11.5 Å². The first-order valence-corrected chi connectivity index (χ1v) is 9.87. The van der Waals surface area contributed by atoms with Gasteiger partial charge in [0.25, 0.3) is 0 Å². The SMILES string of the molecule is COc1cc(N)c(C(=O)c2nn(COC(=O)CCCCl)nc2C(C)OC(=O)O)cc1OC. The minimum atomic E-state index is -1.57. The Bertz CT molecular complexity index is 994. The van der Waals surface area contributed by atoms with E-state index in [0.717, 1.165) is 4.80 Å². The van der Waals surface area contributed by atoms with Gasteiger partial charge in [-0.05, 0) is 19.4 Å². The Balaban J connectivity index is 2.41. The van der Waals surface area contributed by atoms with Crippen LogP contribution in [-0.4, -0.2) is 58.1 Å². The van der Waals surface area contributed by atoms with E-state index in [1.54, 1.807) is 0 Å². The molecule has 0 saturated heterocycles. The lowest BCUT2D eigenvalue weighted by atomic mass is 10.0. The average molecular weight is 471 g/mol. The Kier molecular flexibility index (Phi) is 8.64. The number of carbonyl (C=O) groups excluding carboxylic acids is 2. The number of ether oxygens (including phenoxy) is 4. The third-order valence-corrected chi connectivity index (χ3v) is 4.48. The van der Waals surface area contributed by atoms with Gasteiger partial charge < -0.3 is 29.8 Å². The van der Waals surface area contributed by atoms with E-state index in [4.69, 9.17) is 41.4 Å². The second kappa shape index (κ2) is 11.2. The fourth-order valence-corrected chi connectivity index (χ4v) is 2.83. The Hall–Kier alpha value is -3.54. The standard InChI is InChI=1S/C19H23ClN4O8/c1-10(32-19(27)28)16-17(23-24(22-16)9-31-15(25)5-4-6-20)18(26)11-7-13(29-2)14(30-3)8-12(11)21/h7-8,10H,4-6,9,21H2,1-3H3,(H,27,28). The molecule has 1 atom stereocenters. The number of nitrogen functional groups attached to an aromatic ring is 1. The molecule has 1 aromatic heterocycles. The third kappa shape index (κ3) is 6.00. The summed E-state index contributed by atoms with van der Waals surface area (Å²) < 4.78 is 20.1. The summed E-state index contributed by atoms with van der Waals surface area (Å²) in [5, 5.41) is 17.1. The van der Waals surface area contributed by atoms with E-state index < -0.39 is 30.7 Å². The van der Waals surface area contributed by atoms with Crippen molar-refractivity contribution in [1.82, 2.24) is 15.0 Å². The minimum absolute atomic E-state index is 0.0255. The zero-order valence-corrected chi connectivity index (χ0v) is 18.4. The molecule has 0 fully saturated rings. The molecule has 0 saturated carbocycles. The number of carbonyl (C=O) groups is 3. The highest BCUT2D eigenvalue weighted by Crippen LogP contribution is 2.33. The van der Waals surface area contributed by atoms with Gasteiger partial charge in [0, 0.05) is 24.1 Å². The Morgan fingerprint density at radius 1 is 1.19 bits per heavy atom. The average Bonchev–Trinajstić information content (AvgIpc) is 3.19. The first kappa shape index (κ1) is 24.7. The Morgan fingerprint density at radius 3 is 2.44 bits per heavy atom. The summed E-state index contributed by atoms with van der Waals surface area (Å²) in [6, 6.07) is 2.78. The Labute approximate surface area is 188 Å². The van der Waals surface area contributed by atoms with Crippen molar-refractivity contribution in [2.24, 2.45) is 0 Å². The molecule has 0 aliphatic heterocycles. The van der Waals surface area contributed by atoms with E-state index in [1.807, 2.05) is 0 Å². The van der Waals surface area contributed by atoms with Crippen LogP contribution in [0.2, 0.25) is 0 Å². The molecule has 0 spiro atoms. The monoisotopic (exact) mass is 470 g/mol. The molecule has 13 heteroatoms. The number of esters is 1. The number of alkyl halides is 1. The maximum Gasteiger partial charge on any atom is 0.506 e. The summed E-state index contributed by atoms with van der Waals surface area (Å²) in [5.41, 5.74) is 5.79. The molecule has 2 aromatic rings. The van der Waals surface area contributed by atoms with E-state index in [-0.39, 0.29) is 34.8 Å². The van der Waals surface area contributed by atoms with Gasteiger partial charge in [0.05, 0.1) is 19.8 Å². The molecule has 0 aliphatic rings. The first-order valence-electron chi connectivity index (χ1n) is 9.34. The normalized spacial score (nSPS) is 11.5. The van der Waals surface area contributed by atoms with E-state index in [0.29, 0.717) is 18.1 Å². The largest absolute Gasteiger partial charge is 0.506 e. The van der Waals surface area contributed by atoms with Crippen LogP contribution in [0.5, 0.6) is 11.5 Å². The van der Waals surface area contributed by atoms with Crippen LogP contribution in [0.3, 0.4) is 0 Å². The molecular formula is C19H23ClN4O8. The van der Waals surface area contributed by atoms with Crippen LogP contribution < -0.4 is 15.2 Å². The zero-order valence-electron chi connectivity index (χ0n) is 17.7. The number of ketones is 1. The summed E-state index contributed by atoms with van der Waals surface area (Å²) in [6.07, 6.45) is -2.18. The highest BCUT2D eigenvalue weighted by molar-refractivity contribution is 6.17. The number of hydrogen-bond donors (Lipinski definition) is 2. The number of halogens is 1. The number of carboxylic acid groups (broad SMARTS) is 1. The molecule has 2 rings (SSSR count). The van der Waals surface area contributed by atoms with E-state index in [2.05, 4.69) is 10.2 Å². The number of methoxy groups -OCH3 is 2. The maximum atomic E-state index is 13.2. The van der Waals surface area contributed by atoms with Gasteiger partial charge in [-0.1, -0.05) is 0 Å². The summed E-state index contributed by atoms with van der Waals surface area (Å²) in [5.74, 6) is -0.330. The minimum Gasteiger partial charge on any atom is -0.493 e. The first-order chi connectivity index (χ1) is 15.2. The zero-order chi connectivity index (χ0) is 23.8. The van der Waals surface area contributed by atoms with Crippen molar-refractivity contribution in [2.45, 2.75) is 32.6 Å². The molecule has 12 nitrogen and oxygen atoms in total. The van der Waals surface area contributed by atoms with Crippen LogP contribution in [-0.2, 0) is 21.0 Å². The second-order valence-electron chi connectivity index (χ2n) is 6.39. The molecule has 0 bridgehead atoms. The molecule has 0 aliphatic carbocycles. The van der Waals surface area contributed by atoms with Crippen LogP contribution in [0.15, 0.2) is 12.1 Å². The van der Waals surface area contributed by atoms with Gasteiger partial charge in [0.15, 0.2) is 17.2 Å². The number of rotatable bonds is 11. The lowest BCUT2D eigenvalue weighted by Crippen LogP contribution is -2.13. The van der Waals surface area contributed by atoms with Gasteiger partial charge in [0.2, 0.25) is 12.5 Å². The lowest BCUT2D eigenvalue weighted by Gasteiger charge is -2.12. The fraction of sp³-hybridized carbons (Fsp3) is 0.421. The highest BCUT2D eigenvalue weighted by atomic mass is 35.5. The molecule has 32 heavy (non-hydrogen) atoms. The van der Waals surface area contributed by atoms with Gasteiger partial charge in [-0.25, -0.2) is 4.79 Å². The van der Waals surface area contributed by atoms with Crippen molar-refractivity contribution < 1.29 is 38.4 Å². The van der Waals surface area contributed by atoms with Crippen LogP contribution in [0, 0.1) is 0 Å². The van der Waals surface area contributed by atoms with Crippen molar-refractivity contribution in [3.05, 3.63) is 29.1 Å². The van der Waals surface area contributed by atoms with Gasteiger partial charge >= 0.3 is 12.1 Å². The van der Waals surface area contributed by atoms with Crippen LogP contribution in [0.1, 0.15) is 47.6 Å². The molecule has 174 valence electrons. The molecule has 1 heterocycles. The second-order valence-corrected chi connectivity index (χ2v) is 6.77. The van der Waals surface area contributed by atoms with E-state index in [9.17, 15) is 14.4 Å². The van der Waals surface area contributed by atoms with Gasteiger partial charge in [-0.15, -0.1) is 21.5 Å². The quantitative estimate of drug-likeness (QED) is 0.214. The summed E-state index contributed by atoms with van der Waals surface area (Å²) >= 11 is 5.55. The number of nitrogens with two attached hydrogens (primary N) is 1. The molecule has 1 aromatic carbocycles. The van der Waals surface area contributed by atoms with Gasteiger partial charge in [0.1, 0.15) is 11.8 Å². The Morgan fingerprint density at radius 2 is 1.84 bits per heavy atom. The summed E-state index contributed by atoms with van der Waals surface area (Å²) in [7, 11) is 2.81. The van der Waals surface area contributed by atoms with Crippen molar-refractivity contribution in [3.63, 3.8) is 0 Å². The maximum absolute atomic E-state index is 13.2. The lowest BCUT2D eigenvalue weighted by molar-refractivity contribution is -0.148. The van der Waals surface area contributed by atoms with Crippen LogP contribution >= 0.6 is 11.6 Å². The van der Waals surface area contributed by atoms with Crippen LogP contribution in [0.25, 0.3) is 0 Å². The van der Waals surface area contributed by atoms with E-state index >= 15 is 0 Å². The predicted molar refractivity (Wildman–Crippen MR) is 111 cm³/mol. The van der Waals surface area contributed by atoms with Gasteiger partial charge in [-0.3, -0.25) is 9.59 Å². The smallest absolute Gasteiger partial charge is 0.493 e. The third-order valence-electron chi connectivity index (χ3n) is 4.21. The van der Waals surface area contributed by atoms with E-state index in [1.165, 1.54) is 33.3 Å². The summed E-state index contributed by atoms with van der Waals surface area (Å²) in [6.45, 7) is 0.978. The number of aromatic nitrogens is 3. The number of hydrogen-bond acceptors (Lipinski definition) is 10. The molecule has 1 unspecified atom stereocenters. The fourth-order valence-electron chi connectivity index (χ4n) is 2.69. The highest BCUT2D eigenvalue weighted by Gasteiger charge is 2.28. The molecule has 0 amide bonds. The van der Waals surface area contributed by atoms with Crippen LogP contribution in [0.4, 0.5) is 10.5 Å². The summed E-state index contributed by atoms with van der Waals surface area (Å²) in [4.78, 5) is 36.9.